The zero-order chi connectivity index (χ0) is 22.6. The Morgan fingerprint density at radius 1 is 1.13 bits per heavy atom. The Kier molecular flexibility index (Phi) is 7.38. The van der Waals surface area contributed by atoms with Gasteiger partial charge in [-0.1, -0.05) is 23.8 Å². The number of carbonyl (C=O) groups is 1. The van der Waals surface area contributed by atoms with Gasteiger partial charge in [0.15, 0.2) is 0 Å². The minimum atomic E-state index is -3.51. The number of carbonyl (C=O) groups excluding carboxylic acids is 1. The number of aryl methyl sites for hydroxylation is 3. The molecule has 0 spiro atoms. The minimum absolute atomic E-state index is 0.0803. The lowest BCUT2D eigenvalue weighted by Gasteiger charge is -2.18. The number of sulfonamides is 1. The highest BCUT2D eigenvalue weighted by Gasteiger charge is 2.27. The number of hydrogen-bond donors (Lipinski definition) is 1. The Bertz CT molecular complexity index is 1040. The van der Waals surface area contributed by atoms with Crippen LogP contribution < -0.4 is 10.1 Å². The topological polar surface area (TPSA) is 75.7 Å². The number of rotatable bonds is 8. The fourth-order valence-corrected chi connectivity index (χ4v) is 5.62. The number of nitrogens with zero attached hydrogens (tertiary/aromatic N) is 1. The second-order valence-electron chi connectivity index (χ2n) is 8.23. The van der Waals surface area contributed by atoms with Crippen molar-refractivity contribution in [2.24, 2.45) is 0 Å². The summed E-state index contributed by atoms with van der Waals surface area (Å²) in [6.45, 7) is 7.16. The molecule has 1 N–H and O–H groups in total. The molecule has 0 aromatic heterocycles. The number of benzene rings is 2. The molecule has 1 saturated heterocycles. The Hall–Kier alpha value is -2.38. The molecule has 1 aliphatic rings. The number of hydrogen-bond acceptors (Lipinski definition) is 4. The van der Waals surface area contributed by atoms with E-state index in [-0.39, 0.29) is 23.3 Å². The second-order valence-corrected chi connectivity index (χ2v) is 10.2. The van der Waals surface area contributed by atoms with Crippen molar-refractivity contribution in [3.8, 4) is 5.75 Å². The van der Waals surface area contributed by atoms with Crippen molar-refractivity contribution in [3.05, 3.63) is 58.7 Å². The van der Waals surface area contributed by atoms with Crippen LogP contribution in [0.25, 0.3) is 0 Å². The third-order valence-electron chi connectivity index (χ3n) is 5.85. The third kappa shape index (κ3) is 5.46. The summed E-state index contributed by atoms with van der Waals surface area (Å²) in [4.78, 5) is 12.9. The zero-order valence-corrected chi connectivity index (χ0v) is 19.6. The molecule has 1 fully saturated rings. The van der Waals surface area contributed by atoms with E-state index in [0.29, 0.717) is 25.3 Å². The first-order chi connectivity index (χ1) is 14.7. The molecule has 2 aromatic carbocycles. The molecule has 1 aliphatic heterocycles. The third-order valence-corrected chi connectivity index (χ3v) is 7.75. The van der Waals surface area contributed by atoms with Crippen molar-refractivity contribution in [2.45, 2.75) is 57.4 Å². The van der Waals surface area contributed by atoms with Crippen molar-refractivity contribution in [1.29, 1.82) is 0 Å². The van der Waals surface area contributed by atoms with Gasteiger partial charge in [0.25, 0.3) is 0 Å². The molecule has 1 amide bonds. The van der Waals surface area contributed by atoms with E-state index >= 15 is 0 Å². The highest BCUT2D eigenvalue weighted by molar-refractivity contribution is 7.89. The lowest BCUT2D eigenvalue weighted by Crippen LogP contribution is -2.28. The normalized spacial score (nSPS) is 15.6. The molecule has 168 valence electrons. The quantitative estimate of drug-likeness (QED) is 0.670. The van der Waals surface area contributed by atoms with Gasteiger partial charge in [-0.25, -0.2) is 8.42 Å². The van der Waals surface area contributed by atoms with Gasteiger partial charge in [-0.2, -0.15) is 4.31 Å². The average Bonchev–Trinajstić information content (AvgIpc) is 3.29. The summed E-state index contributed by atoms with van der Waals surface area (Å²) in [5, 5.41) is 3.06. The fraction of sp³-hybridized carbons (Fsp3) is 0.458. The first-order valence-corrected chi connectivity index (χ1v) is 12.2. The van der Waals surface area contributed by atoms with Crippen LogP contribution in [0.4, 0.5) is 0 Å². The van der Waals surface area contributed by atoms with E-state index in [1.54, 1.807) is 25.3 Å². The monoisotopic (exact) mass is 444 g/mol. The summed E-state index contributed by atoms with van der Waals surface area (Å²) < 4.78 is 32.7. The van der Waals surface area contributed by atoms with Crippen LogP contribution in [0.3, 0.4) is 0 Å². The molecule has 1 unspecified atom stereocenters. The van der Waals surface area contributed by atoms with Gasteiger partial charge in [0.2, 0.25) is 15.9 Å². The van der Waals surface area contributed by atoms with Crippen molar-refractivity contribution in [1.82, 2.24) is 9.62 Å². The first kappa shape index (κ1) is 23.3. The summed E-state index contributed by atoms with van der Waals surface area (Å²) in [6, 6.07) is 11.0. The van der Waals surface area contributed by atoms with Gasteiger partial charge in [-0.15, -0.1) is 0 Å². The van der Waals surface area contributed by atoms with Crippen LogP contribution in [0.1, 0.15) is 54.5 Å². The van der Waals surface area contributed by atoms with Gasteiger partial charge in [-0.05, 0) is 74.9 Å². The highest BCUT2D eigenvalue weighted by atomic mass is 32.2. The van der Waals surface area contributed by atoms with Crippen molar-refractivity contribution < 1.29 is 17.9 Å². The van der Waals surface area contributed by atoms with Gasteiger partial charge in [0.05, 0.1) is 18.0 Å². The number of ether oxygens (including phenoxy) is 1. The van der Waals surface area contributed by atoms with E-state index in [0.717, 1.165) is 35.1 Å². The minimum Gasteiger partial charge on any atom is -0.496 e. The zero-order valence-electron chi connectivity index (χ0n) is 18.8. The van der Waals surface area contributed by atoms with Gasteiger partial charge in [-0.3, -0.25) is 4.79 Å². The summed E-state index contributed by atoms with van der Waals surface area (Å²) in [7, 11) is -1.96. The predicted molar refractivity (Wildman–Crippen MR) is 122 cm³/mol. The van der Waals surface area contributed by atoms with Gasteiger partial charge in [0, 0.05) is 19.5 Å². The van der Waals surface area contributed by atoms with Gasteiger partial charge < -0.3 is 10.1 Å². The molecule has 2 aromatic rings. The Morgan fingerprint density at radius 3 is 2.52 bits per heavy atom. The Morgan fingerprint density at radius 2 is 1.84 bits per heavy atom. The molecule has 6 nitrogen and oxygen atoms in total. The molecule has 1 heterocycles. The molecular formula is C24H32N2O4S. The van der Waals surface area contributed by atoms with Gasteiger partial charge in [0.1, 0.15) is 5.75 Å². The maximum Gasteiger partial charge on any atom is 0.243 e. The maximum atomic E-state index is 12.9. The number of methoxy groups -OCH3 is 1. The van der Waals surface area contributed by atoms with Crippen molar-refractivity contribution in [3.63, 3.8) is 0 Å². The molecule has 0 saturated carbocycles. The Labute approximate surface area is 185 Å². The average molecular weight is 445 g/mol. The Balaban J connectivity index is 1.70. The van der Waals surface area contributed by atoms with Crippen LogP contribution in [0.5, 0.6) is 5.75 Å². The van der Waals surface area contributed by atoms with Crippen LogP contribution in [0.2, 0.25) is 0 Å². The highest BCUT2D eigenvalue weighted by Crippen LogP contribution is 2.27. The van der Waals surface area contributed by atoms with Crippen LogP contribution in [-0.4, -0.2) is 38.8 Å². The largest absolute Gasteiger partial charge is 0.496 e. The van der Waals surface area contributed by atoms with Gasteiger partial charge >= 0.3 is 0 Å². The summed E-state index contributed by atoms with van der Waals surface area (Å²) in [6.07, 6.45) is 2.43. The molecule has 0 aliphatic carbocycles. The smallest absolute Gasteiger partial charge is 0.243 e. The standard InChI is InChI=1S/C24H32N2O4S/c1-17-7-8-18(2)22(15-17)19(3)25-24(27)12-9-20-16-21(10-11-23(20)30-4)31(28,29)26-13-5-6-14-26/h7-8,10-11,15-16,19H,5-6,9,12-14H2,1-4H3,(H,25,27). The van der Waals surface area contributed by atoms with E-state index in [1.165, 1.54) is 4.31 Å². The van der Waals surface area contributed by atoms with Crippen LogP contribution in [0.15, 0.2) is 41.3 Å². The van der Waals surface area contributed by atoms with E-state index in [9.17, 15) is 13.2 Å². The fourth-order valence-electron chi connectivity index (χ4n) is 4.05. The van der Waals surface area contributed by atoms with E-state index in [2.05, 4.69) is 23.5 Å². The molecule has 7 heteroatoms. The molecular weight excluding hydrogens is 412 g/mol. The summed E-state index contributed by atoms with van der Waals surface area (Å²) in [5.41, 5.74) is 4.12. The molecule has 0 radical (unpaired) electrons. The molecule has 0 bridgehead atoms. The van der Waals surface area contributed by atoms with E-state index in [1.807, 2.05) is 20.8 Å². The predicted octanol–water partition coefficient (Wildman–Crippen LogP) is 3.91. The van der Waals surface area contributed by atoms with E-state index in [4.69, 9.17) is 4.74 Å². The number of amides is 1. The van der Waals surface area contributed by atoms with Crippen LogP contribution in [0, 0.1) is 13.8 Å². The van der Waals surface area contributed by atoms with Crippen molar-refractivity contribution in [2.75, 3.05) is 20.2 Å². The second kappa shape index (κ2) is 9.83. The first-order valence-electron chi connectivity index (χ1n) is 10.8. The molecule has 1 atom stereocenters. The lowest BCUT2D eigenvalue weighted by atomic mass is 9.99. The van der Waals surface area contributed by atoms with Crippen LogP contribution >= 0.6 is 0 Å². The summed E-state index contributed by atoms with van der Waals surface area (Å²) in [5.74, 6) is 0.513. The number of nitrogens with one attached hydrogen (secondary N) is 1. The van der Waals surface area contributed by atoms with Crippen LogP contribution in [-0.2, 0) is 21.2 Å². The maximum absolute atomic E-state index is 12.9. The summed E-state index contributed by atoms with van der Waals surface area (Å²) >= 11 is 0. The molecule has 3 rings (SSSR count). The van der Waals surface area contributed by atoms with Crippen molar-refractivity contribution >= 4 is 15.9 Å². The molecule has 31 heavy (non-hydrogen) atoms. The SMILES string of the molecule is COc1ccc(S(=O)(=O)N2CCCC2)cc1CCC(=O)NC(C)c1cc(C)ccc1C. The van der Waals surface area contributed by atoms with E-state index < -0.39 is 10.0 Å². The lowest BCUT2D eigenvalue weighted by molar-refractivity contribution is -0.121.